The lowest BCUT2D eigenvalue weighted by atomic mass is 10.2. The Labute approximate surface area is 144 Å². The molecular weight excluding hydrogens is 330 g/mol. The molecule has 6 nitrogen and oxygen atoms in total. The Balaban J connectivity index is 3.50. The van der Waals surface area contributed by atoms with E-state index in [-0.39, 0.29) is 0 Å². The molecule has 0 aromatic carbocycles. The second-order valence-corrected chi connectivity index (χ2v) is 12.5. The molecule has 0 amide bonds. The number of hydrogen-bond donors (Lipinski definition) is 1. The molecule has 0 aromatic rings. The molecule has 0 bridgehead atoms. The standard InChI is InChI=1S/C15H37NO5Si2/c1-17-22(6,18-2)14-10-8-7-9-12-16-13-11-15-23(19-3,20-4)21-5/h16H,7-15H2,1-6H3. The third kappa shape index (κ3) is 9.93. The van der Waals surface area contributed by atoms with E-state index in [1.807, 2.05) is 0 Å². The Morgan fingerprint density at radius 1 is 0.609 bits per heavy atom. The minimum absolute atomic E-state index is 0.848. The molecule has 0 aliphatic carbocycles. The fourth-order valence-corrected chi connectivity index (χ4v) is 5.64. The Hall–Kier alpha value is 0.194. The summed E-state index contributed by atoms with van der Waals surface area (Å²) in [6.07, 6.45) is 5.89. The average molecular weight is 368 g/mol. The van der Waals surface area contributed by atoms with Gasteiger partial charge in [-0.05, 0) is 38.5 Å². The van der Waals surface area contributed by atoms with Gasteiger partial charge in [0.2, 0.25) is 0 Å². The van der Waals surface area contributed by atoms with E-state index in [2.05, 4.69) is 11.9 Å². The highest BCUT2D eigenvalue weighted by atomic mass is 28.4. The van der Waals surface area contributed by atoms with E-state index in [0.29, 0.717) is 0 Å². The lowest BCUT2D eigenvalue weighted by Crippen LogP contribution is -2.43. The molecule has 0 aromatic heterocycles. The fraction of sp³-hybridized carbons (Fsp3) is 1.00. The summed E-state index contributed by atoms with van der Waals surface area (Å²) in [7, 11) is 4.25. The van der Waals surface area contributed by atoms with Crippen LogP contribution in [-0.2, 0) is 22.1 Å². The highest BCUT2D eigenvalue weighted by Gasteiger charge is 2.36. The van der Waals surface area contributed by atoms with Crippen LogP contribution in [-0.4, -0.2) is 66.0 Å². The second kappa shape index (κ2) is 13.5. The Bertz CT molecular complexity index is 268. The first-order chi connectivity index (χ1) is 11.0. The molecule has 0 rings (SSSR count). The van der Waals surface area contributed by atoms with Crippen molar-refractivity contribution < 1.29 is 22.1 Å². The maximum absolute atomic E-state index is 5.49. The smallest absolute Gasteiger partial charge is 0.398 e. The van der Waals surface area contributed by atoms with Crippen LogP contribution in [0.15, 0.2) is 0 Å². The van der Waals surface area contributed by atoms with E-state index < -0.39 is 17.4 Å². The second-order valence-electron chi connectivity index (χ2n) is 5.86. The predicted molar refractivity (Wildman–Crippen MR) is 98.0 cm³/mol. The van der Waals surface area contributed by atoms with Gasteiger partial charge in [-0.25, -0.2) is 0 Å². The Morgan fingerprint density at radius 3 is 1.65 bits per heavy atom. The summed E-state index contributed by atoms with van der Waals surface area (Å²) < 4.78 is 27.2. The van der Waals surface area contributed by atoms with Gasteiger partial charge in [-0.15, -0.1) is 0 Å². The molecule has 140 valence electrons. The Morgan fingerprint density at radius 2 is 1.13 bits per heavy atom. The zero-order chi connectivity index (χ0) is 17.6. The molecule has 0 saturated heterocycles. The van der Waals surface area contributed by atoms with Gasteiger partial charge in [-0.1, -0.05) is 19.3 Å². The topological polar surface area (TPSA) is 58.2 Å². The SMILES string of the molecule is CO[Si](C)(CCCCCCNCCC[Si](OC)(OC)OC)OC. The number of unbranched alkanes of at least 4 members (excludes halogenated alkanes) is 3. The third-order valence-corrected chi connectivity index (χ3v) is 10.2. The molecular formula is C15H37NO5Si2. The zero-order valence-electron chi connectivity index (χ0n) is 15.9. The van der Waals surface area contributed by atoms with Crippen LogP contribution in [0.3, 0.4) is 0 Å². The van der Waals surface area contributed by atoms with Crippen molar-refractivity contribution in [2.45, 2.75) is 50.7 Å². The summed E-state index contributed by atoms with van der Waals surface area (Å²) >= 11 is 0. The van der Waals surface area contributed by atoms with Gasteiger partial charge in [-0.2, -0.15) is 0 Å². The summed E-state index contributed by atoms with van der Waals surface area (Å²) in [6, 6.07) is 1.92. The van der Waals surface area contributed by atoms with Crippen molar-refractivity contribution in [3.8, 4) is 0 Å². The van der Waals surface area contributed by atoms with Gasteiger partial charge in [0.15, 0.2) is 0 Å². The summed E-state index contributed by atoms with van der Waals surface area (Å²) in [5.74, 6) is 0. The largest absolute Gasteiger partial charge is 0.500 e. The lowest BCUT2D eigenvalue weighted by molar-refractivity contribution is 0.123. The molecule has 0 aliphatic heterocycles. The molecule has 0 aliphatic rings. The monoisotopic (exact) mass is 367 g/mol. The summed E-state index contributed by atoms with van der Waals surface area (Å²) in [5.41, 5.74) is 0. The van der Waals surface area contributed by atoms with Gasteiger partial charge in [0.05, 0.1) is 0 Å². The summed E-state index contributed by atoms with van der Waals surface area (Å²) in [5, 5.41) is 3.47. The van der Waals surface area contributed by atoms with E-state index in [4.69, 9.17) is 22.1 Å². The lowest BCUT2D eigenvalue weighted by Gasteiger charge is -2.24. The van der Waals surface area contributed by atoms with Crippen molar-refractivity contribution in [3.63, 3.8) is 0 Å². The highest BCUT2D eigenvalue weighted by molar-refractivity contribution is 6.65. The molecule has 0 spiro atoms. The van der Waals surface area contributed by atoms with E-state index in [9.17, 15) is 0 Å². The molecule has 0 saturated carbocycles. The molecule has 8 heteroatoms. The first kappa shape index (κ1) is 23.2. The fourth-order valence-electron chi connectivity index (χ4n) is 2.45. The summed E-state index contributed by atoms with van der Waals surface area (Å²) in [4.78, 5) is 0. The van der Waals surface area contributed by atoms with Crippen LogP contribution in [0.4, 0.5) is 0 Å². The molecule has 1 N–H and O–H groups in total. The van der Waals surface area contributed by atoms with Crippen LogP contribution in [0, 0.1) is 0 Å². The van der Waals surface area contributed by atoms with E-state index in [0.717, 1.165) is 31.6 Å². The molecule has 0 radical (unpaired) electrons. The van der Waals surface area contributed by atoms with Gasteiger partial charge >= 0.3 is 17.4 Å². The maximum Gasteiger partial charge on any atom is 0.500 e. The van der Waals surface area contributed by atoms with Gasteiger partial charge in [-0.3, -0.25) is 0 Å². The quantitative estimate of drug-likeness (QED) is 0.334. The van der Waals surface area contributed by atoms with Gasteiger partial charge in [0, 0.05) is 41.6 Å². The van der Waals surface area contributed by atoms with Crippen molar-refractivity contribution in [2.24, 2.45) is 0 Å². The van der Waals surface area contributed by atoms with Crippen molar-refractivity contribution in [1.82, 2.24) is 5.32 Å². The molecule has 0 heterocycles. The molecule has 23 heavy (non-hydrogen) atoms. The minimum Gasteiger partial charge on any atom is -0.398 e. The first-order valence-corrected chi connectivity index (χ1v) is 12.9. The third-order valence-electron chi connectivity index (χ3n) is 4.37. The van der Waals surface area contributed by atoms with Crippen LogP contribution in [0.25, 0.3) is 0 Å². The van der Waals surface area contributed by atoms with Crippen LogP contribution < -0.4 is 5.32 Å². The van der Waals surface area contributed by atoms with Gasteiger partial charge < -0.3 is 27.4 Å². The normalized spacial score (nSPS) is 12.8. The molecule has 0 fully saturated rings. The van der Waals surface area contributed by atoms with Gasteiger partial charge in [0.25, 0.3) is 0 Å². The Kier molecular flexibility index (Phi) is 13.6. The van der Waals surface area contributed by atoms with E-state index in [1.54, 1.807) is 35.5 Å². The number of hydrogen-bond acceptors (Lipinski definition) is 6. The van der Waals surface area contributed by atoms with Crippen LogP contribution in [0.2, 0.25) is 18.6 Å². The van der Waals surface area contributed by atoms with Crippen LogP contribution >= 0.6 is 0 Å². The van der Waals surface area contributed by atoms with E-state index in [1.165, 1.54) is 25.7 Å². The van der Waals surface area contributed by atoms with Crippen molar-refractivity contribution in [1.29, 1.82) is 0 Å². The van der Waals surface area contributed by atoms with Crippen molar-refractivity contribution >= 4 is 17.4 Å². The highest BCUT2D eigenvalue weighted by Crippen LogP contribution is 2.16. The minimum atomic E-state index is -2.39. The zero-order valence-corrected chi connectivity index (χ0v) is 17.9. The molecule has 0 unspecified atom stereocenters. The predicted octanol–water partition coefficient (Wildman–Crippen LogP) is 2.77. The van der Waals surface area contributed by atoms with Crippen molar-refractivity contribution in [3.05, 3.63) is 0 Å². The maximum atomic E-state index is 5.49. The van der Waals surface area contributed by atoms with Crippen molar-refractivity contribution in [2.75, 3.05) is 48.6 Å². The van der Waals surface area contributed by atoms with Crippen LogP contribution in [0.5, 0.6) is 0 Å². The number of rotatable bonds is 16. The van der Waals surface area contributed by atoms with Gasteiger partial charge in [0.1, 0.15) is 0 Å². The van der Waals surface area contributed by atoms with E-state index >= 15 is 0 Å². The molecule has 0 atom stereocenters. The average Bonchev–Trinajstić information content (AvgIpc) is 2.60. The summed E-state index contributed by atoms with van der Waals surface area (Å²) in [6.45, 7) is 4.16. The number of nitrogens with one attached hydrogen (secondary N) is 1. The first-order valence-electron chi connectivity index (χ1n) is 8.48. The van der Waals surface area contributed by atoms with Crippen LogP contribution in [0.1, 0.15) is 32.1 Å².